The van der Waals surface area contributed by atoms with Crippen LogP contribution in [-0.4, -0.2) is 20.5 Å². The summed E-state index contributed by atoms with van der Waals surface area (Å²) < 4.78 is 1.95. The Bertz CT molecular complexity index is 930. The number of benzene rings is 2. The molecule has 2 aromatic carbocycles. The van der Waals surface area contributed by atoms with E-state index in [0.717, 1.165) is 28.4 Å². The van der Waals surface area contributed by atoms with Crippen LogP contribution in [0.1, 0.15) is 29.9 Å². The maximum atomic E-state index is 6.40. The number of aromatic nitrogens is 3. The molecular formula is C17H12Cl2N4. The summed E-state index contributed by atoms with van der Waals surface area (Å²) in [7, 11) is 0. The first-order valence-corrected chi connectivity index (χ1v) is 7.93. The standard InChI is InChI=1S/C17H12Cl2N4/c1-10-17-22-20-9-23(17)15-7-6-11(18)8-13(15)16(21-10)12-4-2-3-5-14(12)19/h2-10H,1H3. The molecule has 0 amide bonds. The van der Waals surface area contributed by atoms with Gasteiger partial charge in [0, 0.05) is 21.2 Å². The molecule has 1 aromatic heterocycles. The zero-order valence-corrected chi connectivity index (χ0v) is 13.8. The van der Waals surface area contributed by atoms with Crippen LogP contribution >= 0.6 is 23.2 Å². The number of aliphatic imine (C=N–C) groups is 1. The Morgan fingerprint density at radius 1 is 1.04 bits per heavy atom. The molecule has 6 heteroatoms. The zero-order chi connectivity index (χ0) is 16.0. The molecule has 4 rings (SSSR count). The Morgan fingerprint density at radius 2 is 1.87 bits per heavy atom. The van der Waals surface area contributed by atoms with Gasteiger partial charge in [-0.1, -0.05) is 41.4 Å². The number of fused-ring (bicyclic) bond motifs is 3. The van der Waals surface area contributed by atoms with E-state index in [1.54, 1.807) is 6.33 Å². The van der Waals surface area contributed by atoms with Gasteiger partial charge in [-0.3, -0.25) is 9.56 Å². The van der Waals surface area contributed by atoms with Crippen molar-refractivity contribution < 1.29 is 0 Å². The lowest BCUT2D eigenvalue weighted by atomic mass is 10.0. The molecule has 1 aliphatic rings. The van der Waals surface area contributed by atoms with Gasteiger partial charge in [0.15, 0.2) is 5.82 Å². The SMILES string of the molecule is CC1N=C(c2ccccc2Cl)c2cc(Cl)ccc2-n2cnnc21. The third-order valence-electron chi connectivity index (χ3n) is 3.87. The van der Waals surface area contributed by atoms with Gasteiger partial charge in [0.25, 0.3) is 0 Å². The third kappa shape index (κ3) is 2.35. The molecule has 0 spiro atoms. The fraction of sp³-hybridized carbons (Fsp3) is 0.118. The molecule has 2 heterocycles. The van der Waals surface area contributed by atoms with Gasteiger partial charge in [-0.2, -0.15) is 0 Å². The summed E-state index contributed by atoms with van der Waals surface area (Å²) in [5.74, 6) is 0.788. The molecular weight excluding hydrogens is 331 g/mol. The number of halogens is 2. The van der Waals surface area contributed by atoms with Crippen LogP contribution in [-0.2, 0) is 0 Å². The Morgan fingerprint density at radius 3 is 2.70 bits per heavy atom. The molecule has 3 aromatic rings. The average molecular weight is 343 g/mol. The van der Waals surface area contributed by atoms with Crippen molar-refractivity contribution in [3.63, 3.8) is 0 Å². The average Bonchev–Trinajstić information content (AvgIpc) is 2.99. The second-order valence-electron chi connectivity index (χ2n) is 5.35. The van der Waals surface area contributed by atoms with E-state index in [2.05, 4.69) is 10.2 Å². The van der Waals surface area contributed by atoms with E-state index in [9.17, 15) is 0 Å². The second kappa shape index (κ2) is 5.48. The highest BCUT2D eigenvalue weighted by molar-refractivity contribution is 6.36. The zero-order valence-electron chi connectivity index (χ0n) is 12.2. The maximum Gasteiger partial charge on any atom is 0.162 e. The first-order valence-electron chi connectivity index (χ1n) is 7.18. The van der Waals surface area contributed by atoms with Gasteiger partial charge in [0.2, 0.25) is 0 Å². The van der Waals surface area contributed by atoms with E-state index in [0.29, 0.717) is 10.0 Å². The molecule has 0 fully saturated rings. The van der Waals surface area contributed by atoms with E-state index < -0.39 is 0 Å². The van der Waals surface area contributed by atoms with Crippen LogP contribution in [0.3, 0.4) is 0 Å². The van der Waals surface area contributed by atoms with E-state index in [1.165, 1.54) is 0 Å². The maximum absolute atomic E-state index is 6.40. The van der Waals surface area contributed by atoms with Gasteiger partial charge in [0.05, 0.1) is 11.4 Å². The lowest BCUT2D eigenvalue weighted by molar-refractivity contribution is 0.724. The van der Waals surface area contributed by atoms with Crippen LogP contribution in [0.15, 0.2) is 53.8 Å². The lowest BCUT2D eigenvalue weighted by Crippen LogP contribution is -2.07. The summed E-state index contributed by atoms with van der Waals surface area (Å²) in [6.45, 7) is 1.99. The van der Waals surface area contributed by atoms with E-state index in [4.69, 9.17) is 28.2 Å². The van der Waals surface area contributed by atoms with E-state index in [1.807, 2.05) is 54.0 Å². The van der Waals surface area contributed by atoms with Crippen LogP contribution in [0, 0.1) is 0 Å². The van der Waals surface area contributed by atoms with Crippen LogP contribution in [0.5, 0.6) is 0 Å². The van der Waals surface area contributed by atoms with Gasteiger partial charge in [-0.15, -0.1) is 10.2 Å². The fourth-order valence-electron chi connectivity index (χ4n) is 2.81. The molecule has 0 saturated heterocycles. The predicted molar refractivity (Wildman–Crippen MR) is 91.9 cm³/mol. The quantitative estimate of drug-likeness (QED) is 0.654. The third-order valence-corrected chi connectivity index (χ3v) is 4.44. The Hall–Kier alpha value is -2.17. The smallest absolute Gasteiger partial charge is 0.162 e. The Kier molecular flexibility index (Phi) is 3.43. The van der Waals surface area contributed by atoms with Crippen LogP contribution in [0.4, 0.5) is 0 Å². The highest BCUT2D eigenvalue weighted by Gasteiger charge is 2.24. The summed E-state index contributed by atoms with van der Waals surface area (Å²) in [6, 6.07) is 13.2. The molecule has 0 radical (unpaired) electrons. The number of rotatable bonds is 1. The number of hydrogen-bond donors (Lipinski definition) is 0. The summed E-state index contributed by atoms with van der Waals surface area (Å²) in [4.78, 5) is 4.85. The van der Waals surface area contributed by atoms with Gasteiger partial charge in [-0.05, 0) is 31.2 Å². The predicted octanol–water partition coefficient (Wildman–Crippen LogP) is 4.49. The minimum atomic E-state index is -0.144. The van der Waals surface area contributed by atoms with Crippen molar-refractivity contribution in [2.24, 2.45) is 4.99 Å². The number of nitrogens with zero attached hydrogens (tertiary/aromatic N) is 4. The van der Waals surface area contributed by atoms with Crippen molar-refractivity contribution in [2.75, 3.05) is 0 Å². The summed E-state index contributed by atoms with van der Waals surface area (Å²) in [5, 5.41) is 9.53. The van der Waals surface area contributed by atoms with Gasteiger partial charge in [0.1, 0.15) is 12.4 Å². The van der Waals surface area contributed by atoms with Crippen molar-refractivity contribution in [3.05, 3.63) is 75.8 Å². The molecule has 1 atom stereocenters. The lowest BCUT2D eigenvalue weighted by Gasteiger charge is -2.12. The fourth-order valence-corrected chi connectivity index (χ4v) is 3.21. The van der Waals surface area contributed by atoms with Crippen LogP contribution < -0.4 is 0 Å². The minimum Gasteiger partial charge on any atom is -0.283 e. The largest absolute Gasteiger partial charge is 0.283 e. The molecule has 114 valence electrons. The highest BCUT2D eigenvalue weighted by Crippen LogP contribution is 2.32. The van der Waals surface area contributed by atoms with Crippen molar-refractivity contribution >= 4 is 28.9 Å². The summed E-state index contributed by atoms with van der Waals surface area (Å²) in [5.41, 5.74) is 3.54. The molecule has 1 aliphatic heterocycles. The van der Waals surface area contributed by atoms with Crippen molar-refractivity contribution in [2.45, 2.75) is 13.0 Å². The van der Waals surface area contributed by atoms with E-state index >= 15 is 0 Å². The minimum absolute atomic E-state index is 0.144. The first kappa shape index (κ1) is 14.4. The topological polar surface area (TPSA) is 43.1 Å². The molecule has 0 bridgehead atoms. The summed E-state index contributed by atoms with van der Waals surface area (Å²) >= 11 is 12.6. The summed E-state index contributed by atoms with van der Waals surface area (Å²) in [6.07, 6.45) is 1.70. The van der Waals surface area contributed by atoms with E-state index in [-0.39, 0.29) is 6.04 Å². The van der Waals surface area contributed by atoms with Crippen LogP contribution in [0.25, 0.3) is 5.69 Å². The molecule has 23 heavy (non-hydrogen) atoms. The van der Waals surface area contributed by atoms with Gasteiger partial charge >= 0.3 is 0 Å². The van der Waals surface area contributed by atoms with Gasteiger partial charge in [-0.25, -0.2) is 0 Å². The second-order valence-corrected chi connectivity index (χ2v) is 6.20. The molecule has 1 unspecified atom stereocenters. The monoisotopic (exact) mass is 342 g/mol. The van der Waals surface area contributed by atoms with Gasteiger partial charge < -0.3 is 0 Å². The normalized spacial score (nSPS) is 16.3. The molecule has 0 saturated carbocycles. The molecule has 0 N–H and O–H groups in total. The van der Waals surface area contributed by atoms with Crippen molar-refractivity contribution in [3.8, 4) is 5.69 Å². The Labute approximate surface area is 143 Å². The van der Waals surface area contributed by atoms with Crippen LogP contribution in [0.2, 0.25) is 10.0 Å². The van der Waals surface area contributed by atoms with Crippen molar-refractivity contribution in [1.29, 1.82) is 0 Å². The highest BCUT2D eigenvalue weighted by atomic mass is 35.5. The first-order chi connectivity index (χ1) is 11.1. The number of hydrogen-bond acceptors (Lipinski definition) is 3. The molecule has 4 nitrogen and oxygen atoms in total. The Balaban J connectivity index is 2.05. The molecule has 0 aliphatic carbocycles. The van der Waals surface area contributed by atoms with Crippen molar-refractivity contribution in [1.82, 2.24) is 14.8 Å².